The highest BCUT2D eigenvalue weighted by Gasteiger charge is 2.59. The van der Waals surface area contributed by atoms with Gasteiger partial charge in [-0.1, -0.05) is 18.6 Å². The molecule has 0 saturated heterocycles. The molecular weight excluding hydrogens is 259 g/mol. The minimum atomic E-state index is -4.89. The molecule has 1 rings (SSSR count). The van der Waals surface area contributed by atoms with Crippen LogP contribution in [0.5, 0.6) is 5.75 Å². The Morgan fingerprint density at radius 3 is 2.37 bits per heavy atom. The molecule has 108 valence electrons. The van der Waals surface area contributed by atoms with Crippen molar-refractivity contribution >= 4 is 0 Å². The summed E-state index contributed by atoms with van der Waals surface area (Å²) in [5.41, 5.74) is 2.63. The van der Waals surface area contributed by atoms with Crippen molar-refractivity contribution in [3.05, 3.63) is 29.3 Å². The number of aryl methyl sites for hydroxylation is 1. The van der Waals surface area contributed by atoms with E-state index in [9.17, 15) is 18.3 Å². The standard InChI is InChI=1S/C13H18F3NO2/c1-4-11(17)12(18,13(14,15)16)9-7-8(2)5-6-10(9)19-3/h5-7,11,18H,4,17H2,1-3H3. The fourth-order valence-electron chi connectivity index (χ4n) is 1.98. The van der Waals surface area contributed by atoms with Crippen LogP contribution in [0.4, 0.5) is 13.2 Å². The van der Waals surface area contributed by atoms with E-state index in [1.54, 1.807) is 13.0 Å². The molecule has 0 bridgehead atoms. The second kappa shape index (κ2) is 5.38. The van der Waals surface area contributed by atoms with Crippen molar-refractivity contribution in [3.8, 4) is 5.75 Å². The SMILES string of the molecule is CCC(N)C(O)(c1cc(C)ccc1OC)C(F)(F)F. The molecule has 1 aromatic rings. The summed E-state index contributed by atoms with van der Waals surface area (Å²) < 4.78 is 44.8. The number of benzene rings is 1. The predicted octanol–water partition coefficient (Wildman–Crippen LogP) is 2.49. The van der Waals surface area contributed by atoms with Crippen LogP contribution in [0.2, 0.25) is 0 Å². The molecule has 0 radical (unpaired) electrons. The molecular formula is C13H18F3NO2. The van der Waals surface area contributed by atoms with Gasteiger partial charge in [-0.05, 0) is 25.5 Å². The minimum Gasteiger partial charge on any atom is -0.496 e. The van der Waals surface area contributed by atoms with Crippen molar-refractivity contribution < 1.29 is 23.0 Å². The second-order valence-electron chi connectivity index (χ2n) is 4.48. The van der Waals surface area contributed by atoms with Crippen LogP contribution in [0.1, 0.15) is 24.5 Å². The second-order valence-corrected chi connectivity index (χ2v) is 4.48. The van der Waals surface area contributed by atoms with Crippen molar-refractivity contribution in [2.45, 2.75) is 38.1 Å². The molecule has 0 aliphatic carbocycles. The van der Waals surface area contributed by atoms with E-state index < -0.39 is 17.8 Å². The summed E-state index contributed by atoms with van der Waals surface area (Å²) in [6.07, 6.45) is -4.91. The molecule has 0 fully saturated rings. The highest BCUT2D eigenvalue weighted by molar-refractivity contribution is 5.43. The average Bonchev–Trinajstić information content (AvgIpc) is 2.35. The Morgan fingerprint density at radius 2 is 1.95 bits per heavy atom. The van der Waals surface area contributed by atoms with Crippen LogP contribution in [0.15, 0.2) is 18.2 Å². The van der Waals surface area contributed by atoms with Crippen LogP contribution < -0.4 is 10.5 Å². The summed E-state index contributed by atoms with van der Waals surface area (Å²) in [6, 6.07) is 2.78. The molecule has 0 spiro atoms. The van der Waals surface area contributed by atoms with Gasteiger partial charge >= 0.3 is 6.18 Å². The van der Waals surface area contributed by atoms with Gasteiger partial charge in [0.1, 0.15) is 5.75 Å². The van der Waals surface area contributed by atoms with E-state index in [0.717, 1.165) is 0 Å². The average molecular weight is 277 g/mol. The van der Waals surface area contributed by atoms with Crippen LogP contribution in [0, 0.1) is 6.92 Å². The van der Waals surface area contributed by atoms with Gasteiger partial charge in [0.25, 0.3) is 0 Å². The zero-order chi connectivity index (χ0) is 14.8. The number of ether oxygens (including phenoxy) is 1. The maximum absolute atomic E-state index is 13.3. The van der Waals surface area contributed by atoms with Gasteiger partial charge in [-0.25, -0.2) is 0 Å². The zero-order valence-electron chi connectivity index (χ0n) is 11.1. The summed E-state index contributed by atoms with van der Waals surface area (Å²) in [7, 11) is 1.25. The first kappa shape index (κ1) is 15.8. The van der Waals surface area contributed by atoms with Gasteiger partial charge in [0, 0.05) is 11.6 Å². The molecule has 2 atom stereocenters. The van der Waals surface area contributed by atoms with Gasteiger partial charge in [0.2, 0.25) is 5.60 Å². The molecule has 6 heteroatoms. The number of nitrogens with two attached hydrogens (primary N) is 1. The minimum absolute atomic E-state index is 0.0207. The van der Waals surface area contributed by atoms with Gasteiger partial charge in [-0.15, -0.1) is 0 Å². The summed E-state index contributed by atoms with van der Waals surface area (Å²) in [5, 5.41) is 10.2. The van der Waals surface area contributed by atoms with Crippen molar-refractivity contribution in [2.24, 2.45) is 5.73 Å². The molecule has 0 heterocycles. The molecule has 0 saturated carbocycles. The van der Waals surface area contributed by atoms with Crippen molar-refractivity contribution in [1.29, 1.82) is 0 Å². The number of hydrogen-bond donors (Lipinski definition) is 2. The smallest absolute Gasteiger partial charge is 0.423 e. The van der Waals surface area contributed by atoms with E-state index in [1.165, 1.54) is 26.2 Å². The largest absolute Gasteiger partial charge is 0.496 e. The van der Waals surface area contributed by atoms with Gasteiger partial charge < -0.3 is 15.6 Å². The summed E-state index contributed by atoms with van der Waals surface area (Å²) >= 11 is 0. The maximum atomic E-state index is 13.3. The van der Waals surface area contributed by atoms with Crippen LogP contribution in [-0.4, -0.2) is 24.4 Å². The Hall–Kier alpha value is -1.27. The summed E-state index contributed by atoms with van der Waals surface area (Å²) in [5.74, 6) is -0.0330. The van der Waals surface area contributed by atoms with Gasteiger partial charge in [-0.3, -0.25) is 0 Å². The number of halogens is 3. The third-order valence-electron chi connectivity index (χ3n) is 3.17. The third-order valence-corrected chi connectivity index (χ3v) is 3.17. The Morgan fingerprint density at radius 1 is 1.37 bits per heavy atom. The lowest BCUT2D eigenvalue weighted by Gasteiger charge is -2.36. The first-order valence-electron chi connectivity index (χ1n) is 5.88. The molecule has 0 aliphatic heterocycles. The third kappa shape index (κ3) is 2.69. The molecule has 1 aromatic carbocycles. The van der Waals surface area contributed by atoms with Gasteiger partial charge in [-0.2, -0.15) is 13.2 Å². The van der Waals surface area contributed by atoms with Gasteiger partial charge in [0.15, 0.2) is 0 Å². The van der Waals surface area contributed by atoms with E-state index in [2.05, 4.69) is 0 Å². The number of rotatable bonds is 4. The molecule has 0 aliphatic rings. The van der Waals surface area contributed by atoms with Crippen LogP contribution in [0.3, 0.4) is 0 Å². The highest BCUT2D eigenvalue weighted by atomic mass is 19.4. The van der Waals surface area contributed by atoms with E-state index in [4.69, 9.17) is 10.5 Å². The first-order valence-corrected chi connectivity index (χ1v) is 5.88. The monoisotopic (exact) mass is 277 g/mol. The van der Waals surface area contributed by atoms with E-state index in [0.29, 0.717) is 5.56 Å². The molecule has 3 N–H and O–H groups in total. The Labute approximate surface area is 110 Å². The lowest BCUT2D eigenvalue weighted by atomic mass is 9.83. The van der Waals surface area contributed by atoms with Crippen molar-refractivity contribution in [3.63, 3.8) is 0 Å². The van der Waals surface area contributed by atoms with Crippen LogP contribution in [0.25, 0.3) is 0 Å². The number of aliphatic hydroxyl groups is 1. The lowest BCUT2D eigenvalue weighted by Crippen LogP contribution is -2.55. The zero-order valence-corrected chi connectivity index (χ0v) is 11.1. The predicted molar refractivity (Wildman–Crippen MR) is 65.9 cm³/mol. The molecule has 3 nitrogen and oxygen atoms in total. The molecule has 0 aromatic heterocycles. The normalized spacial score (nSPS) is 16.8. The topological polar surface area (TPSA) is 55.5 Å². The van der Waals surface area contributed by atoms with Gasteiger partial charge in [0.05, 0.1) is 7.11 Å². The van der Waals surface area contributed by atoms with E-state index in [1.807, 2.05) is 0 Å². The number of alkyl halides is 3. The van der Waals surface area contributed by atoms with Crippen molar-refractivity contribution in [2.75, 3.05) is 7.11 Å². The first-order chi connectivity index (χ1) is 8.68. The fraction of sp³-hybridized carbons (Fsp3) is 0.538. The summed E-state index contributed by atoms with van der Waals surface area (Å²) in [6.45, 7) is 3.13. The molecule has 0 amide bonds. The molecule has 2 unspecified atom stereocenters. The Bertz CT molecular complexity index is 448. The van der Waals surface area contributed by atoms with Crippen molar-refractivity contribution in [1.82, 2.24) is 0 Å². The number of hydrogen-bond acceptors (Lipinski definition) is 3. The molecule has 19 heavy (non-hydrogen) atoms. The Kier molecular flexibility index (Phi) is 4.47. The quantitative estimate of drug-likeness (QED) is 0.889. The maximum Gasteiger partial charge on any atom is 0.423 e. The van der Waals surface area contributed by atoms with Crippen LogP contribution >= 0.6 is 0 Å². The highest BCUT2D eigenvalue weighted by Crippen LogP contribution is 2.45. The van der Waals surface area contributed by atoms with E-state index in [-0.39, 0.29) is 17.7 Å². The van der Waals surface area contributed by atoms with Crippen LogP contribution in [-0.2, 0) is 5.60 Å². The lowest BCUT2D eigenvalue weighted by molar-refractivity contribution is -0.275. The summed E-state index contributed by atoms with van der Waals surface area (Å²) in [4.78, 5) is 0. The number of methoxy groups -OCH3 is 1. The fourth-order valence-corrected chi connectivity index (χ4v) is 1.98. The van der Waals surface area contributed by atoms with E-state index >= 15 is 0 Å². The Balaban J connectivity index is 3.54.